The van der Waals surface area contributed by atoms with Gasteiger partial charge in [-0.05, 0) is 42.3 Å². The second-order valence-corrected chi connectivity index (χ2v) is 6.15. The van der Waals surface area contributed by atoms with Crippen LogP contribution in [0.25, 0.3) is 0 Å². The number of fused-ring (bicyclic) bond motifs is 1. The molecule has 0 aromatic heterocycles. The Hall–Kier alpha value is -2.73. The molecule has 3 N–H and O–H groups in total. The molecule has 0 fully saturated rings. The van der Waals surface area contributed by atoms with E-state index in [1.807, 2.05) is 0 Å². The summed E-state index contributed by atoms with van der Waals surface area (Å²) >= 11 is 6.00. The molecule has 7 heteroatoms. The van der Waals surface area contributed by atoms with Crippen molar-refractivity contribution in [3.63, 3.8) is 0 Å². The van der Waals surface area contributed by atoms with Gasteiger partial charge in [0.2, 0.25) is 5.91 Å². The van der Waals surface area contributed by atoms with Gasteiger partial charge in [0, 0.05) is 5.02 Å². The van der Waals surface area contributed by atoms with Crippen molar-refractivity contribution in [3.8, 4) is 5.75 Å². The Bertz CT molecular complexity index is 838. The highest BCUT2D eigenvalue weighted by atomic mass is 35.5. The third-order valence-corrected chi connectivity index (χ3v) is 4.30. The molecule has 0 saturated carbocycles. The highest BCUT2D eigenvalue weighted by molar-refractivity contribution is 6.30. The SMILES string of the molecule is COC(=O)c1cccc(NC(=O)C2COc3ccc(Cl)cc3C2)c1N. The molecule has 1 unspecified atom stereocenters. The molecule has 2 aromatic carbocycles. The number of rotatable bonds is 3. The maximum Gasteiger partial charge on any atom is 0.340 e. The van der Waals surface area contributed by atoms with Crippen LogP contribution in [0.15, 0.2) is 36.4 Å². The van der Waals surface area contributed by atoms with Gasteiger partial charge in [-0.3, -0.25) is 4.79 Å². The first-order chi connectivity index (χ1) is 12.0. The van der Waals surface area contributed by atoms with E-state index in [2.05, 4.69) is 10.1 Å². The third-order valence-electron chi connectivity index (χ3n) is 4.07. The second-order valence-electron chi connectivity index (χ2n) is 5.71. The molecule has 1 heterocycles. The van der Waals surface area contributed by atoms with Crippen LogP contribution >= 0.6 is 11.6 Å². The van der Waals surface area contributed by atoms with E-state index in [9.17, 15) is 9.59 Å². The first-order valence-corrected chi connectivity index (χ1v) is 8.06. The molecule has 1 amide bonds. The van der Waals surface area contributed by atoms with Crippen molar-refractivity contribution >= 4 is 34.9 Å². The van der Waals surface area contributed by atoms with Crippen molar-refractivity contribution in [2.45, 2.75) is 6.42 Å². The van der Waals surface area contributed by atoms with Gasteiger partial charge in [-0.1, -0.05) is 17.7 Å². The van der Waals surface area contributed by atoms with E-state index in [0.29, 0.717) is 17.1 Å². The topological polar surface area (TPSA) is 90.6 Å². The minimum Gasteiger partial charge on any atom is -0.492 e. The standard InChI is InChI=1S/C18H17ClN2O4/c1-24-18(23)13-3-2-4-14(16(13)20)21-17(22)11-7-10-8-12(19)5-6-15(10)25-9-11/h2-6,8,11H,7,9,20H2,1H3,(H,21,22). The van der Waals surface area contributed by atoms with E-state index >= 15 is 0 Å². The average molecular weight is 361 g/mol. The maximum absolute atomic E-state index is 12.6. The molecular formula is C18H17ClN2O4. The van der Waals surface area contributed by atoms with E-state index in [1.54, 1.807) is 36.4 Å². The molecule has 1 aliphatic heterocycles. The number of hydrogen-bond acceptors (Lipinski definition) is 5. The summed E-state index contributed by atoms with van der Waals surface area (Å²) in [4.78, 5) is 24.3. The van der Waals surface area contributed by atoms with Crippen LogP contribution in [0.2, 0.25) is 5.02 Å². The zero-order valence-electron chi connectivity index (χ0n) is 13.5. The van der Waals surface area contributed by atoms with Gasteiger partial charge in [-0.2, -0.15) is 0 Å². The minimum absolute atomic E-state index is 0.169. The summed E-state index contributed by atoms with van der Waals surface area (Å²) in [5.41, 5.74) is 7.59. The molecule has 130 valence electrons. The molecule has 0 radical (unpaired) electrons. The zero-order valence-corrected chi connectivity index (χ0v) is 14.3. The number of halogens is 1. The lowest BCUT2D eigenvalue weighted by atomic mass is 9.96. The highest BCUT2D eigenvalue weighted by Crippen LogP contribution is 2.31. The maximum atomic E-state index is 12.6. The number of hydrogen-bond donors (Lipinski definition) is 2. The fourth-order valence-electron chi connectivity index (χ4n) is 2.73. The summed E-state index contributed by atoms with van der Waals surface area (Å²) in [6.45, 7) is 0.261. The van der Waals surface area contributed by atoms with Crippen LogP contribution < -0.4 is 15.8 Å². The number of nitrogens with two attached hydrogens (primary N) is 1. The molecule has 1 atom stereocenters. The van der Waals surface area contributed by atoms with Crippen LogP contribution in [0.3, 0.4) is 0 Å². The molecule has 2 aromatic rings. The van der Waals surface area contributed by atoms with Gasteiger partial charge in [0.15, 0.2) is 0 Å². The summed E-state index contributed by atoms with van der Waals surface area (Å²) in [6, 6.07) is 10.1. The van der Waals surface area contributed by atoms with Crippen LogP contribution in [0, 0.1) is 5.92 Å². The van der Waals surface area contributed by atoms with Crippen LogP contribution in [0.1, 0.15) is 15.9 Å². The molecule has 0 aliphatic carbocycles. The number of carbonyl (C=O) groups excluding carboxylic acids is 2. The minimum atomic E-state index is -0.557. The van der Waals surface area contributed by atoms with Crippen molar-refractivity contribution in [2.75, 3.05) is 24.8 Å². The van der Waals surface area contributed by atoms with E-state index in [4.69, 9.17) is 22.1 Å². The zero-order chi connectivity index (χ0) is 18.0. The van der Waals surface area contributed by atoms with Crippen molar-refractivity contribution in [1.29, 1.82) is 0 Å². The molecule has 25 heavy (non-hydrogen) atoms. The predicted molar refractivity (Wildman–Crippen MR) is 95.0 cm³/mol. The van der Waals surface area contributed by atoms with Crippen LogP contribution in [0.5, 0.6) is 5.75 Å². The molecule has 0 spiro atoms. The number of esters is 1. The summed E-state index contributed by atoms with van der Waals surface area (Å²) in [6.07, 6.45) is 0.512. The predicted octanol–water partition coefficient (Wildman–Crippen LogP) is 2.90. The van der Waals surface area contributed by atoms with Gasteiger partial charge < -0.3 is 20.5 Å². The van der Waals surface area contributed by atoms with E-state index in [-0.39, 0.29) is 29.7 Å². The number of para-hydroxylation sites is 1. The van der Waals surface area contributed by atoms with Gasteiger partial charge >= 0.3 is 5.97 Å². The number of nitrogen functional groups attached to an aromatic ring is 1. The molecular weight excluding hydrogens is 344 g/mol. The monoisotopic (exact) mass is 360 g/mol. The van der Waals surface area contributed by atoms with Gasteiger partial charge in [0.25, 0.3) is 0 Å². The molecule has 6 nitrogen and oxygen atoms in total. The second kappa shape index (κ2) is 7.03. The molecule has 0 bridgehead atoms. The van der Waals surface area contributed by atoms with E-state index < -0.39 is 5.97 Å². The Morgan fingerprint density at radius 1 is 1.32 bits per heavy atom. The first-order valence-electron chi connectivity index (χ1n) is 7.68. The van der Waals surface area contributed by atoms with E-state index in [1.165, 1.54) is 7.11 Å². The smallest absolute Gasteiger partial charge is 0.340 e. The van der Waals surface area contributed by atoms with Crippen LogP contribution in [-0.4, -0.2) is 25.6 Å². The lowest BCUT2D eigenvalue weighted by molar-refractivity contribution is -0.121. The third kappa shape index (κ3) is 3.53. The first kappa shape index (κ1) is 17.1. The molecule has 0 saturated heterocycles. The van der Waals surface area contributed by atoms with Gasteiger partial charge in [0.05, 0.1) is 30.0 Å². The average Bonchev–Trinajstić information content (AvgIpc) is 2.62. The van der Waals surface area contributed by atoms with Crippen molar-refractivity contribution in [1.82, 2.24) is 0 Å². The normalized spacial score (nSPS) is 15.7. The fourth-order valence-corrected chi connectivity index (χ4v) is 2.92. The number of amides is 1. The summed E-state index contributed by atoms with van der Waals surface area (Å²) < 4.78 is 10.3. The lowest BCUT2D eigenvalue weighted by Gasteiger charge is -2.25. The van der Waals surface area contributed by atoms with Crippen LogP contribution in [-0.2, 0) is 16.0 Å². The van der Waals surface area contributed by atoms with Gasteiger partial charge in [0.1, 0.15) is 12.4 Å². The summed E-state index contributed by atoms with van der Waals surface area (Å²) in [5.74, 6) is -0.440. The van der Waals surface area contributed by atoms with Crippen molar-refractivity contribution in [3.05, 3.63) is 52.5 Å². The number of benzene rings is 2. The highest BCUT2D eigenvalue weighted by Gasteiger charge is 2.27. The largest absolute Gasteiger partial charge is 0.492 e. The summed E-state index contributed by atoms with van der Waals surface area (Å²) in [5, 5.41) is 3.36. The Balaban J connectivity index is 1.76. The summed E-state index contributed by atoms with van der Waals surface area (Å²) in [7, 11) is 1.27. The van der Waals surface area contributed by atoms with Crippen molar-refractivity contribution < 1.29 is 19.1 Å². The fraction of sp³-hybridized carbons (Fsp3) is 0.222. The van der Waals surface area contributed by atoms with Crippen molar-refractivity contribution in [2.24, 2.45) is 5.92 Å². The Labute approximate surface area is 149 Å². The number of nitrogens with one attached hydrogen (secondary N) is 1. The lowest BCUT2D eigenvalue weighted by Crippen LogP contribution is -2.32. The Kier molecular flexibility index (Phi) is 4.81. The van der Waals surface area contributed by atoms with E-state index in [0.717, 1.165) is 11.3 Å². The van der Waals surface area contributed by atoms with Crippen LogP contribution in [0.4, 0.5) is 11.4 Å². The molecule has 1 aliphatic rings. The Morgan fingerprint density at radius 3 is 2.88 bits per heavy atom. The molecule has 3 rings (SSSR count). The number of ether oxygens (including phenoxy) is 2. The van der Waals surface area contributed by atoms with Gasteiger partial charge in [-0.25, -0.2) is 4.79 Å². The number of methoxy groups -OCH3 is 1. The number of carbonyl (C=O) groups is 2. The quantitative estimate of drug-likeness (QED) is 0.648. The number of anilines is 2. The van der Waals surface area contributed by atoms with Gasteiger partial charge in [-0.15, -0.1) is 0 Å². The Morgan fingerprint density at radius 2 is 2.12 bits per heavy atom.